The molecule has 55 heavy (non-hydrogen) atoms. The van der Waals surface area contributed by atoms with Crippen LogP contribution >= 0.6 is 0 Å². The summed E-state index contributed by atoms with van der Waals surface area (Å²) in [6, 6.07) is -0.803. The van der Waals surface area contributed by atoms with Crippen LogP contribution in [0.3, 0.4) is 0 Å². The van der Waals surface area contributed by atoms with Crippen LogP contribution < -0.4 is 5.32 Å². The number of carbonyl (C=O) groups excluding carboxylic acids is 1. The van der Waals surface area contributed by atoms with Crippen LogP contribution in [0.1, 0.15) is 206 Å². The van der Waals surface area contributed by atoms with Crippen molar-refractivity contribution >= 4 is 5.91 Å². The first-order valence-corrected chi connectivity index (χ1v) is 23.1. The number of aliphatic hydroxyl groups is 5. The molecule has 1 aliphatic rings. The molecule has 7 atom stereocenters. The monoisotopic (exact) mass is 782 g/mol. The number of rotatable bonds is 38. The Morgan fingerprint density at radius 2 is 1.05 bits per heavy atom. The molecule has 1 aliphatic heterocycles. The van der Waals surface area contributed by atoms with Crippen LogP contribution in [-0.4, -0.2) is 87.5 Å². The summed E-state index contributed by atoms with van der Waals surface area (Å²) in [5, 5.41) is 54.1. The fourth-order valence-corrected chi connectivity index (χ4v) is 7.28. The maximum Gasteiger partial charge on any atom is 0.220 e. The highest BCUT2D eigenvalue weighted by Crippen LogP contribution is 2.23. The molecule has 0 radical (unpaired) electrons. The zero-order valence-electron chi connectivity index (χ0n) is 35.4. The minimum absolute atomic E-state index is 0.178. The molecule has 6 N–H and O–H groups in total. The molecule has 2 unspecified atom stereocenters. The van der Waals surface area contributed by atoms with Crippen molar-refractivity contribution in [2.75, 3.05) is 13.2 Å². The van der Waals surface area contributed by atoms with Crippen molar-refractivity contribution in [3.8, 4) is 0 Å². The summed E-state index contributed by atoms with van der Waals surface area (Å²) < 4.78 is 11.2. The molecule has 1 rings (SSSR count). The summed E-state index contributed by atoms with van der Waals surface area (Å²) in [4.78, 5) is 12.9. The van der Waals surface area contributed by atoms with Gasteiger partial charge >= 0.3 is 0 Å². The predicted octanol–water partition coefficient (Wildman–Crippen LogP) is 9.50. The van der Waals surface area contributed by atoms with Crippen molar-refractivity contribution < 1.29 is 39.8 Å². The van der Waals surface area contributed by atoms with E-state index in [0.717, 1.165) is 44.9 Å². The average molecular weight is 782 g/mol. The Bertz CT molecular complexity index is 914. The molecule has 1 heterocycles. The van der Waals surface area contributed by atoms with Gasteiger partial charge in [-0.25, -0.2) is 0 Å². The van der Waals surface area contributed by atoms with Crippen LogP contribution in [0.2, 0.25) is 0 Å². The minimum Gasteiger partial charge on any atom is -0.394 e. The smallest absolute Gasteiger partial charge is 0.220 e. The second-order valence-corrected chi connectivity index (χ2v) is 16.2. The summed E-state index contributed by atoms with van der Waals surface area (Å²) in [6.07, 6.45) is 36.5. The molecule has 0 saturated carbocycles. The first-order valence-electron chi connectivity index (χ1n) is 23.1. The Balaban J connectivity index is 2.32. The summed E-state index contributed by atoms with van der Waals surface area (Å²) in [5.74, 6) is -0.178. The zero-order valence-corrected chi connectivity index (χ0v) is 35.4. The first kappa shape index (κ1) is 51.7. The van der Waals surface area contributed by atoms with E-state index in [1.807, 2.05) is 6.08 Å². The highest BCUT2D eigenvalue weighted by Gasteiger charge is 2.44. The highest BCUT2D eigenvalue weighted by atomic mass is 16.7. The molecular weight excluding hydrogens is 695 g/mol. The van der Waals surface area contributed by atoms with Crippen LogP contribution in [-0.2, 0) is 14.3 Å². The first-order chi connectivity index (χ1) is 26.8. The third-order valence-corrected chi connectivity index (χ3v) is 11.0. The van der Waals surface area contributed by atoms with Gasteiger partial charge in [0.25, 0.3) is 0 Å². The van der Waals surface area contributed by atoms with E-state index in [9.17, 15) is 30.3 Å². The van der Waals surface area contributed by atoms with Crippen LogP contribution in [0.4, 0.5) is 0 Å². The molecule has 0 aromatic carbocycles. The Morgan fingerprint density at radius 1 is 0.600 bits per heavy atom. The Labute approximate surface area is 337 Å². The predicted molar refractivity (Wildman–Crippen MR) is 226 cm³/mol. The molecule has 9 heteroatoms. The lowest BCUT2D eigenvalue weighted by Gasteiger charge is -2.40. The largest absolute Gasteiger partial charge is 0.394 e. The van der Waals surface area contributed by atoms with Crippen molar-refractivity contribution in [1.82, 2.24) is 5.32 Å². The number of aliphatic hydroxyl groups excluding tert-OH is 5. The maximum absolute atomic E-state index is 12.9. The van der Waals surface area contributed by atoms with Crippen LogP contribution in [0, 0.1) is 0 Å². The number of hydrogen-bond acceptors (Lipinski definition) is 8. The van der Waals surface area contributed by atoms with E-state index in [4.69, 9.17) is 9.47 Å². The Hall–Kier alpha value is -1.33. The zero-order chi connectivity index (χ0) is 40.2. The Morgan fingerprint density at radius 3 is 1.55 bits per heavy atom. The second-order valence-electron chi connectivity index (χ2n) is 16.2. The van der Waals surface area contributed by atoms with Gasteiger partial charge in [-0.05, 0) is 38.5 Å². The number of allylic oxidation sites excluding steroid dienone is 3. The van der Waals surface area contributed by atoms with E-state index in [1.165, 1.54) is 141 Å². The normalized spacial score (nSPS) is 21.5. The second kappa shape index (κ2) is 37.0. The van der Waals surface area contributed by atoms with Crippen molar-refractivity contribution in [3.05, 3.63) is 24.3 Å². The summed E-state index contributed by atoms with van der Waals surface area (Å²) in [6.45, 7) is 3.72. The van der Waals surface area contributed by atoms with Gasteiger partial charge < -0.3 is 40.3 Å². The van der Waals surface area contributed by atoms with Crippen molar-refractivity contribution in [3.63, 3.8) is 0 Å². The number of carbonyl (C=O) groups is 1. The van der Waals surface area contributed by atoms with Crippen LogP contribution in [0.5, 0.6) is 0 Å². The number of ether oxygens (including phenoxy) is 2. The van der Waals surface area contributed by atoms with Crippen molar-refractivity contribution in [2.45, 2.75) is 249 Å². The number of amides is 1. The maximum atomic E-state index is 12.9. The van der Waals surface area contributed by atoms with Crippen LogP contribution in [0.15, 0.2) is 24.3 Å². The molecule has 1 fully saturated rings. The quantitative estimate of drug-likeness (QED) is 0.0268. The molecule has 0 bridgehead atoms. The molecule has 1 saturated heterocycles. The van der Waals surface area contributed by atoms with Gasteiger partial charge in [-0.2, -0.15) is 0 Å². The van der Waals surface area contributed by atoms with Gasteiger partial charge in [0, 0.05) is 6.42 Å². The lowest BCUT2D eigenvalue weighted by molar-refractivity contribution is -0.302. The third-order valence-electron chi connectivity index (χ3n) is 11.0. The number of hydrogen-bond donors (Lipinski definition) is 6. The Kier molecular flexibility index (Phi) is 34.7. The van der Waals surface area contributed by atoms with Crippen molar-refractivity contribution in [2.24, 2.45) is 0 Å². The van der Waals surface area contributed by atoms with Gasteiger partial charge in [-0.3, -0.25) is 4.79 Å². The van der Waals surface area contributed by atoms with Gasteiger partial charge in [-0.1, -0.05) is 186 Å². The molecular formula is C46H87NO8. The number of unbranched alkanes of at least 4 members (excludes halogenated alkanes) is 26. The molecule has 324 valence electrons. The fraction of sp³-hybridized carbons (Fsp3) is 0.891. The van der Waals surface area contributed by atoms with E-state index >= 15 is 0 Å². The van der Waals surface area contributed by atoms with Gasteiger partial charge in [0.05, 0.1) is 25.4 Å². The lowest BCUT2D eigenvalue weighted by atomic mass is 9.99. The van der Waals surface area contributed by atoms with Gasteiger partial charge in [-0.15, -0.1) is 0 Å². The van der Waals surface area contributed by atoms with Crippen LogP contribution in [0.25, 0.3) is 0 Å². The lowest BCUT2D eigenvalue weighted by Crippen LogP contribution is -2.60. The molecule has 1 amide bonds. The van der Waals surface area contributed by atoms with Gasteiger partial charge in [0.1, 0.15) is 24.4 Å². The molecule has 0 spiro atoms. The average Bonchev–Trinajstić information content (AvgIpc) is 3.18. The summed E-state index contributed by atoms with van der Waals surface area (Å²) >= 11 is 0. The van der Waals surface area contributed by atoms with E-state index in [2.05, 4.69) is 31.3 Å². The van der Waals surface area contributed by atoms with E-state index in [1.54, 1.807) is 6.08 Å². The standard InChI is InChI=1S/C46H87NO8/c1-3-5-7-9-11-13-15-17-18-19-20-21-22-24-26-28-30-32-34-36-42(50)47-39(38-54-46-45(53)44(52)43(51)41(37-48)55-46)40(49)35-33-31-29-27-25-23-16-14-12-10-8-6-4-2/h8,10,33,35,39-41,43-46,48-49,51-53H,3-7,9,11-32,34,36-38H2,1-2H3,(H,47,50)/b10-8-,35-33+/t39-,40+,41+,43-,44?,45?,46+/m0/s1. The molecule has 0 aliphatic carbocycles. The summed E-state index contributed by atoms with van der Waals surface area (Å²) in [7, 11) is 0. The highest BCUT2D eigenvalue weighted by molar-refractivity contribution is 5.76. The third kappa shape index (κ3) is 27.9. The van der Waals surface area contributed by atoms with Crippen molar-refractivity contribution in [1.29, 1.82) is 0 Å². The van der Waals surface area contributed by atoms with E-state index < -0.39 is 49.5 Å². The fourth-order valence-electron chi connectivity index (χ4n) is 7.28. The number of nitrogens with one attached hydrogen (secondary N) is 1. The van der Waals surface area contributed by atoms with Gasteiger partial charge in [0.15, 0.2) is 6.29 Å². The molecule has 9 nitrogen and oxygen atoms in total. The van der Waals surface area contributed by atoms with E-state index in [-0.39, 0.29) is 12.5 Å². The summed E-state index contributed by atoms with van der Waals surface area (Å²) in [5.41, 5.74) is 0. The van der Waals surface area contributed by atoms with E-state index in [0.29, 0.717) is 6.42 Å². The SMILES string of the molecule is CCC/C=C\CCCCCCCC/C=C/[C@@H](O)[C@H](CO[C@@H]1O[C@H](CO)[C@H](O)C(O)C1O)NC(=O)CCCCCCCCCCCCCCCCCCCCC. The molecule has 0 aromatic heterocycles. The minimum atomic E-state index is -1.56. The molecule has 0 aromatic rings. The topological polar surface area (TPSA) is 149 Å². The van der Waals surface area contributed by atoms with Gasteiger partial charge in [0.2, 0.25) is 5.91 Å².